The molecule has 130 valence electrons. The van der Waals surface area contributed by atoms with Crippen molar-refractivity contribution in [2.75, 3.05) is 20.2 Å². The van der Waals surface area contributed by atoms with E-state index in [1.54, 1.807) is 34.4 Å². The van der Waals surface area contributed by atoms with Crippen LogP contribution in [0.5, 0.6) is 5.75 Å². The zero-order valence-electron chi connectivity index (χ0n) is 14.0. The molecule has 1 aromatic heterocycles. The lowest BCUT2D eigenvalue weighted by atomic mass is 10.1. The van der Waals surface area contributed by atoms with Gasteiger partial charge in [0.25, 0.3) is 0 Å². The van der Waals surface area contributed by atoms with E-state index in [1.165, 1.54) is 0 Å². The molecule has 0 bridgehead atoms. The normalized spacial score (nSPS) is 20.1. The van der Waals surface area contributed by atoms with E-state index in [-0.39, 0.29) is 24.4 Å². The lowest BCUT2D eigenvalue weighted by Crippen LogP contribution is -2.56. The lowest BCUT2D eigenvalue weighted by Gasteiger charge is -2.36. The molecule has 7 heteroatoms. The third kappa shape index (κ3) is 3.00. The topological polar surface area (TPSA) is 62.7 Å². The third-order valence-electron chi connectivity index (χ3n) is 4.71. The number of hydrogen-bond acceptors (Lipinski definition) is 5. The van der Waals surface area contributed by atoms with Crippen LogP contribution in [0.1, 0.15) is 17.7 Å². The van der Waals surface area contributed by atoms with Crippen molar-refractivity contribution in [2.24, 2.45) is 0 Å². The maximum absolute atomic E-state index is 12.6. The largest absolute Gasteiger partial charge is 0.497 e. The van der Waals surface area contributed by atoms with Gasteiger partial charge < -0.3 is 14.5 Å². The Kier molecular flexibility index (Phi) is 4.17. The first-order valence-corrected chi connectivity index (χ1v) is 9.15. The Morgan fingerprint density at radius 3 is 3.08 bits per heavy atom. The SMILES string of the molecule is COc1cccc(-c2ncc(CN3CC(=O)N4CCC[C@H]4C3=O)s2)c1. The van der Waals surface area contributed by atoms with Crippen LogP contribution in [-0.2, 0) is 16.1 Å². The highest BCUT2D eigenvalue weighted by molar-refractivity contribution is 7.15. The Labute approximate surface area is 150 Å². The molecule has 2 aliphatic heterocycles. The number of ether oxygens (including phenoxy) is 1. The molecule has 0 N–H and O–H groups in total. The van der Waals surface area contributed by atoms with E-state index in [4.69, 9.17) is 4.74 Å². The molecule has 0 spiro atoms. The Bertz CT molecular complexity index is 819. The second-order valence-electron chi connectivity index (χ2n) is 6.30. The molecule has 2 fully saturated rings. The molecule has 6 nitrogen and oxygen atoms in total. The van der Waals surface area contributed by atoms with Gasteiger partial charge in [-0.15, -0.1) is 11.3 Å². The van der Waals surface area contributed by atoms with Crippen LogP contribution in [-0.4, -0.2) is 52.8 Å². The fraction of sp³-hybridized carbons (Fsp3) is 0.389. The van der Waals surface area contributed by atoms with Crippen LogP contribution in [0.4, 0.5) is 0 Å². The van der Waals surface area contributed by atoms with Crippen molar-refractivity contribution >= 4 is 23.2 Å². The number of aromatic nitrogens is 1. The number of rotatable bonds is 4. The van der Waals surface area contributed by atoms with E-state index in [2.05, 4.69) is 4.98 Å². The minimum absolute atomic E-state index is 0.0552. The van der Waals surface area contributed by atoms with Crippen molar-refractivity contribution in [1.29, 1.82) is 0 Å². The van der Waals surface area contributed by atoms with Crippen molar-refractivity contribution in [3.05, 3.63) is 35.3 Å². The summed E-state index contributed by atoms with van der Waals surface area (Å²) in [5.41, 5.74) is 0.985. The zero-order chi connectivity index (χ0) is 17.4. The number of amides is 2. The molecule has 4 rings (SSSR count). The number of thiazole rings is 1. The molecule has 2 aromatic rings. The van der Waals surface area contributed by atoms with Gasteiger partial charge in [-0.25, -0.2) is 4.98 Å². The molecule has 0 saturated carbocycles. The number of carbonyl (C=O) groups is 2. The van der Waals surface area contributed by atoms with E-state index >= 15 is 0 Å². The summed E-state index contributed by atoms with van der Waals surface area (Å²) in [6, 6.07) is 7.48. The standard InChI is InChI=1S/C18H19N3O3S/c1-24-13-5-2-4-12(8-13)17-19-9-14(25-17)10-20-11-16(22)21-7-3-6-15(21)18(20)23/h2,4-5,8-9,15H,3,6-7,10-11H2,1H3/t15-/m0/s1. The molecule has 3 heterocycles. The van der Waals surface area contributed by atoms with Crippen LogP contribution in [0.3, 0.4) is 0 Å². The summed E-state index contributed by atoms with van der Waals surface area (Å²) in [5.74, 6) is 0.903. The summed E-state index contributed by atoms with van der Waals surface area (Å²) >= 11 is 1.54. The molecule has 0 radical (unpaired) electrons. The molecule has 2 aliphatic rings. The number of nitrogens with zero attached hydrogens (tertiary/aromatic N) is 3. The van der Waals surface area contributed by atoms with E-state index in [0.29, 0.717) is 13.1 Å². The first-order valence-electron chi connectivity index (χ1n) is 8.33. The Morgan fingerprint density at radius 2 is 2.24 bits per heavy atom. The third-order valence-corrected chi connectivity index (χ3v) is 5.74. The number of methoxy groups -OCH3 is 1. The summed E-state index contributed by atoms with van der Waals surface area (Å²) in [4.78, 5) is 33.7. The summed E-state index contributed by atoms with van der Waals surface area (Å²) in [6.45, 7) is 1.32. The van der Waals surface area contributed by atoms with Crippen molar-refractivity contribution in [2.45, 2.75) is 25.4 Å². The second kappa shape index (κ2) is 6.48. The van der Waals surface area contributed by atoms with Crippen molar-refractivity contribution < 1.29 is 14.3 Å². The summed E-state index contributed by atoms with van der Waals surface area (Å²) in [6.07, 6.45) is 3.48. The predicted molar refractivity (Wildman–Crippen MR) is 94.3 cm³/mol. The highest BCUT2D eigenvalue weighted by Crippen LogP contribution is 2.30. The lowest BCUT2D eigenvalue weighted by molar-refractivity contribution is -0.154. The van der Waals surface area contributed by atoms with E-state index in [0.717, 1.165) is 34.0 Å². The van der Waals surface area contributed by atoms with Crippen LogP contribution < -0.4 is 4.74 Å². The van der Waals surface area contributed by atoms with Crippen molar-refractivity contribution in [1.82, 2.24) is 14.8 Å². The molecular formula is C18H19N3O3S. The van der Waals surface area contributed by atoms with Crippen molar-refractivity contribution in [3.8, 4) is 16.3 Å². The molecule has 1 atom stereocenters. The molecule has 0 unspecified atom stereocenters. The van der Waals surface area contributed by atoms with Gasteiger partial charge in [0.1, 0.15) is 23.3 Å². The van der Waals surface area contributed by atoms with Crippen LogP contribution in [0.25, 0.3) is 10.6 Å². The van der Waals surface area contributed by atoms with Crippen molar-refractivity contribution in [3.63, 3.8) is 0 Å². The van der Waals surface area contributed by atoms with Gasteiger partial charge >= 0.3 is 0 Å². The average molecular weight is 357 g/mol. The Hall–Kier alpha value is -2.41. The first kappa shape index (κ1) is 16.1. The Balaban J connectivity index is 1.51. The van der Waals surface area contributed by atoms with Crippen LogP contribution in [0, 0.1) is 0 Å². The summed E-state index contributed by atoms with van der Waals surface area (Å²) in [5, 5.41) is 0.882. The van der Waals surface area contributed by atoms with E-state index < -0.39 is 0 Å². The van der Waals surface area contributed by atoms with Gasteiger partial charge in [0.05, 0.1) is 13.7 Å². The fourth-order valence-electron chi connectivity index (χ4n) is 3.46. The second-order valence-corrected chi connectivity index (χ2v) is 7.42. The van der Waals surface area contributed by atoms with Gasteiger partial charge in [0.2, 0.25) is 11.8 Å². The number of fused-ring (bicyclic) bond motifs is 1. The monoisotopic (exact) mass is 357 g/mol. The minimum atomic E-state index is -0.257. The molecule has 1 aromatic carbocycles. The summed E-state index contributed by atoms with van der Waals surface area (Å²) < 4.78 is 5.25. The summed E-state index contributed by atoms with van der Waals surface area (Å²) in [7, 11) is 1.64. The van der Waals surface area contributed by atoms with Gasteiger partial charge in [0, 0.05) is 23.2 Å². The van der Waals surface area contributed by atoms with E-state index in [9.17, 15) is 9.59 Å². The number of hydrogen-bond donors (Lipinski definition) is 0. The van der Waals surface area contributed by atoms with Crippen LogP contribution in [0.15, 0.2) is 30.5 Å². The zero-order valence-corrected chi connectivity index (χ0v) is 14.8. The molecular weight excluding hydrogens is 338 g/mol. The van der Waals surface area contributed by atoms with Gasteiger partial charge in [-0.2, -0.15) is 0 Å². The van der Waals surface area contributed by atoms with E-state index in [1.807, 2.05) is 24.3 Å². The predicted octanol–water partition coefficient (Wildman–Crippen LogP) is 2.15. The van der Waals surface area contributed by atoms with Crippen LogP contribution in [0.2, 0.25) is 0 Å². The van der Waals surface area contributed by atoms with Crippen LogP contribution >= 0.6 is 11.3 Å². The highest BCUT2D eigenvalue weighted by atomic mass is 32.1. The fourth-order valence-corrected chi connectivity index (χ4v) is 4.38. The molecule has 2 saturated heterocycles. The molecule has 25 heavy (non-hydrogen) atoms. The molecule has 2 amide bonds. The number of piperazine rings is 1. The number of carbonyl (C=O) groups excluding carboxylic acids is 2. The Morgan fingerprint density at radius 1 is 1.36 bits per heavy atom. The maximum Gasteiger partial charge on any atom is 0.246 e. The highest BCUT2D eigenvalue weighted by Gasteiger charge is 2.41. The van der Waals surface area contributed by atoms with Gasteiger partial charge in [0.15, 0.2) is 0 Å². The quantitative estimate of drug-likeness (QED) is 0.841. The van der Waals surface area contributed by atoms with Gasteiger partial charge in [-0.1, -0.05) is 12.1 Å². The average Bonchev–Trinajstić information content (AvgIpc) is 3.29. The number of benzene rings is 1. The molecule has 0 aliphatic carbocycles. The van der Waals surface area contributed by atoms with Gasteiger partial charge in [-0.05, 0) is 25.0 Å². The first-order chi connectivity index (χ1) is 12.2. The smallest absolute Gasteiger partial charge is 0.246 e. The van der Waals surface area contributed by atoms with Gasteiger partial charge in [-0.3, -0.25) is 9.59 Å². The maximum atomic E-state index is 12.6. The minimum Gasteiger partial charge on any atom is -0.497 e.